The molecule has 3 aromatic rings. The maximum Gasteiger partial charge on any atom is 0.248 e. The molecule has 0 saturated heterocycles. The highest BCUT2D eigenvalue weighted by molar-refractivity contribution is 7.12. The lowest BCUT2D eigenvalue weighted by molar-refractivity contribution is -0.111. The van der Waals surface area contributed by atoms with Crippen molar-refractivity contribution >= 4 is 40.0 Å². The molecule has 0 unspecified atom stereocenters. The Kier molecular flexibility index (Phi) is 4.25. The van der Waals surface area contributed by atoms with Crippen LogP contribution in [0, 0.1) is 6.92 Å². The molecule has 3 aromatic heterocycles. The summed E-state index contributed by atoms with van der Waals surface area (Å²) < 4.78 is 1.86. The number of carbonyl (C=O) groups is 1. The first-order valence-electron chi connectivity index (χ1n) is 7.41. The van der Waals surface area contributed by atoms with Crippen LogP contribution in [-0.4, -0.2) is 20.7 Å². The second kappa shape index (κ2) is 6.34. The van der Waals surface area contributed by atoms with Gasteiger partial charge in [-0.15, -0.1) is 11.3 Å². The topological polar surface area (TPSA) is 59.8 Å². The first kappa shape index (κ1) is 15.4. The van der Waals surface area contributed by atoms with E-state index in [9.17, 15) is 4.79 Å². The zero-order valence-corrected chi connectivity index (χ0v) is 14.1. The lowest BCUT2D eigenvalue weighted by Gasteiger charge is -2.06. The molecule has 0 bridgehead atoms. The fraction of sp³-hybridized carbons (Fsp3) is 0.235. The average Bonchev–Trinajstić information content (AvgIpc) is 3.10. The highest BCUT2D eigenvalue weighted by atomic mass is 32.1. The molecule has 0 fully saturated rings. The van der Waals surface area contributed by atoms with Crippen LogP contribution in [0.1, 0.15) is 29.6 Å². The van der Waals surface area contributed by atoms with Gasteiger partial charge in [0.25, 0.3) is 0 Å². The Morgan fingerprint density at radius 3 is 2.87 bits per heavy atom. The maximum absolute atomic E-state index is 12.0. The summed E-state index contributed by atoms with van der Waals surface area (Å²) in [5.74, 6) is -0.173. The number of nitrogens with zero attached hydrogens (tertiary/aromatic N) is 3. The van der Waals surface area contributed by atoms with E-state index in [2.05, 4.69) is 29.2 Å². The van der Waals surface area contributed by atoms with Crippen molar-refractivity contribution in [1.29, 1.82) is 0 Å². The van der Waals surface area contributed by atoms with E-state index in [1.54, 1.807) is 23.7 Å². The third-order valence-corrected chi connectivity index (χ3v) is 4.32. The number of pyridine rings is 1. The molecule has 3 rings (SSSR count). The van der Waals surface area contributed by atoms with Crippen LogP contribution in [0.5, 0.6) is 0 Å². The Hall–Kier alpha value is -2.47. The van der Waals surface area contributed by atoms with Crippen molar-refractivity contribution in [2.45, 2.75) is 26.8 Å². The number of nitrogens with one attached hydrogen (secondary N) is 1. The van der Waals surface area contributed by atoms with E-state index in [4.69, 9.17) is 0 Å². The second-order valence-electron chi connectivity index (χ2n) is 5.59. The number of aryl methyl sites for hydroxylation is 1. The Balaban J connectivity index is 1.73. The number of thiophene rings is 1. The van der Waals surface area contributed by atoms with Crippen molar-refractivity contribution in [3.8, 4) is 0 Å². The summed E-state index contributed by atoms with van der Waals surface area (Å²) in [6, 6.07) is 6.16. The van der Waals surface area contributed by atoms with Gasteiger partial charge in [-0.3, -0.25) is 4.79 Å². The lowest BCUT2D eigenvalue weighted by Crippen LogP contribution is -2.08. The van der Waals surface area contributed by atoms with Gasteiger partial charge in [-0.2, -0.15) is 5.10 Å². The van der Waals surface area contributed by atoms with Gasteiger partial charge < -0.3 is 5.32 Å². The van der Waals surface area contributed by atoms with Crippen LogP contribution < -0.4 is 5.32 Å². The Morgan fingerprint density at radius 1 is 1.35 bits per heavy atom. The number of hydrogen-bond acceptors (Lipinski definition) is 4. The summed E-state index contributed by atoms with van der Waals surface area (Å²) in [5, 5.41) is 8.06. The second-order valence-corrected chi connectivity index (χ2v) is 6.91. The predicted molar refractivity (Wildman–Crippen MR) is 94.6 cm³/mol. The van der Waals surface area contributed by atoms with Crippen molar-refractivity contribution < 1.29 is 4.79 Å². The molecule has 6 heteroatoms. The first-order chi connectivity index (χ1) is 11.0. The molecule has 118 valence electrons. The average molecular weight is 326 g/mol. The van der Waals surface area contributed by atoms with Crippen LogP contribution in [0.15, 0.2) is 36.7 Å². The van der Waals surface area contributed by atoms with Crippen LogP contribution in [0.4, 0.5) is 5.69 Å². The summed E-state index contributed by atoms with van der Waals surface area (Å²) in [7, 11) is 0. The molecule has 0 aliphatic heterocycles. The van der Waals surface area contributed by atoms with E-state index in [0.717, 1.165) is 15.9 Å². The number of aromatic nitrogens is 3. The molecule has 0 spiro atoms. The number of hydrogen-bond donors (Lipinski definition) is 1. The minimum atomic E-state index is -0.173. The van der Waals surface area contributed by atoms with E-state index in [-0.39, 0.29) is 11.9 Å². The third-order valence-electron chi connectivity index (χ3n) is 3.35. The van der Waals surface area contributed by atoms with Crippen LogP contribution in [0.3, 0.4) is 0 Å². The molecule has 3 heterocycles. The standard InChI is InChI=1S/C17H18N4OS/c1-11(2)21-17-13(9-19-21)8-14(10-18-17)20-16(22)7-6-15-5-4-12(3)23-15/h4-11H,1-3H3,(H,20,22)/b7-6+. The van der Waals surface area contributed by atoms with Gasteiger partial charge in [-0.1, -0.05) is 0 Å². The monoisotopic (exact) mass is 326 g/mol. The minimum Gasteiger partial charge on any atom is -0.321 e. The SMILES string of the molecule is Cc1ccc(/C=C/C(=O)Nc2cnc3c(cnn3C(C)C)c2)s1. The molecule has 1 N–H and O–H groups in total. The van der Waals surface area contributed by atoms with Gasteiger partial charge in [0.05, 0.1) is 18.1 Å². The van der Waals surface area contributed by atoms with E-state index in [1.165, 1.54) is 11.0 Å². The third kappa shape index (κ3) is 3.48. The Labute approximate surface area is 138 Å². The largest absolute Gasteiger partial charge is 0.321 e. The number of rotatable bonds is 4. The Morgan fingerprint density at radius 2 is 2.17 bits per heavy atom. The van der Waals surface area contributed by atoms with Gasteiger partial charge >= 0.3 is 0 Å². The van der Waals surface area contributed by atoms with Crippen LogP contribution in [0.2, 0.25) is 0 Å². The molecule has 0 aromatic carbocycles. The van der Waals surface area contributed by atoms with E-state index < -0.39 is 0 Å². The van der Waals surface area contributed by atoms with Crippen molar-refractivity contribution in [2.24, 2.45) is 0 Å². The van der Waals surface area contributed by atoms with Crippen molar-refractivity contribution in [3.63, 3.8) is 0 Å². The van der Waals surface area contributed by atoms with Gasteiger partial charge in [0.2, 0.25) is 5.91 Å². The summed E-state index contributed by atoms with van der Waals surface area (Å²) in [4.78, 5) is 18.7. The predicted octanol–water partition coefficient (Wildman–Crippen LogP) is 4.03. The van der Waals surface area contributed by atoms with E-state index in [1.807, 2.05) is 35.9 Å². The van der Waals surface area contributed by atoms with E-state index in [0.29, 0.717) is 5.69 Å². The van der Waals surface area contributed by atoms with Gasteiger partial charge in [-0.25, -0.2) is 9.67 Å². The van der Waals surface area contributed by atoms with Gasteiger partial charge in [0.15, 0.2) is 5.65 Å². The van der Waals surface area contributed by atoms with Crippen LogP contribution >= 0.6 is 11.3 Å². The zero-order valence-electron chi connectivity index (χ0n) is 13.3. The molecule has 0 radical (unpaired) electrons. The lowest BCUT2D eigenvalue weighted by atomic mass is 10.3. The maximum atomic E-state index is 12.0. The summed E-state index contributed by atoms with van der Waals surface area (Å²) in [6.07, 6.45) is 6.77. The number of carbonyl (C=O) groups excluding carboxylic acids is 1. The normalized spacial score (nSPS) is 11.7. The van der Waals surface area contributed by atoms with Crippen LogP contribution in [0.25, 0.3) is 17.1 Å². The molecular weight excluding hydrogens is 308 g/mol. The fourth-order valence-corrected chi connectivity index (χ4v) is 3.05. The molecule has 1 amide bonds. The van der Waals surface area contributed by atoms with Gasteiger partial charge in [0.1, 0.15) is 0 Å². The van der Waals surface area contributed by atoms with Crippen molar-refractivity contribution in [1.82, 2.24) is 14.8 Å². The summed E-state index contributed by atoms with van der Waals surface area (Å²) in [6.45, 7) is 6.15. The number of anilines is 1. The summed E-state index contributed by atoms with van der Waals surface area (Å²) >= 11 is 1.65. The molecule has 0 aliphatic rings. The number of amides is 1. The minimum absolute atomic E-state index is 0.173. The highest BCUT2D eigenvalue weighted by Crippen LogP contribution is 2.19. The molecule has 0 aliphatic carbocycles. The fourth-order valence-electron chi connectivity index (χ4n) is 2.27. The van der Waals surface area contributed by atoms with Crippen molar-refractivity contribution in [2.75, 3.05) is 5.32 Å². The number of fused-ring (bicyclic) bond motifs is 1. The molecule has 5 nitrogen and oxygen atoms in total. The molecular formula is C17H18N4OS. The first-order valence-corrected chi connectivity index (χ1v) is 8.23. The highest BCUT2D eigenvalue weighted by Gasteiger charge is 2.08. The molecule has 0 atom stereocenters. The zero-order chi connectivity index (χ0) is 16.4. The summed E-state index contributed by atoms with van der Waals surface area (Å²) in [5.41, 5.74) is 1.49. The smallest absolute Gasteiger partial charge is 0.248 e. The van der Waals surface area contributed by atoms with Crippen molar-refractivity contribution in [3.05, 3.63) is 46.4 Å². The molecule has 23 heavy (non-hydrogen) atoms. The Bertz CT molecular complexity index is 876. The van der Waals surface area contributed by atoms with E-state index >= 15 is 0 Å². The van der Waals surface area contributed by atoms with Crippen LogP contribution in [-0.2, 0) is 4.79 Å². The van der Waals surface area contributed by atoms with Gasteiger partial charge in [0, 0.05) is 27.3 Å². The quantitative estimate of drug-likeness (QED) is 0.736. The van der Waals surface area contributed by atoms with Gasteiger partial charge in [-0.05, 0) is 45.0 Å². The molecule has 0 saturated carbocycles.